The van der Waals surface area contributed by atoms with Crippen molar-refractivity contribution in [3.8, 4) is 0 Å². The van der Waals surface area contributed by atoms with Crippen molar-refractivity contribution >= 4 is 5.97 Å². The second-order valence-electron chi connectivity index (χ2n) is 1.73. The normalized spacial score (nSPS) is 26.4. The molecule has 0 unspecified atom stereocenters. The maximum absolute atomic E-state index is 10.4. The van der Waals surface area contributed by atoms with Crippen LogP contribution in [0, 0.1) is 5.92 Å². The molecule has 0 aromatic carbocycles. The largest absolute Gasteiger partial charge is 0.480 e. The van der Waals surface area contributed by atoms with Gasteiger partial charge < -0.3 is 10.8 Å². The van der Waals surface area contributed by atoms with Gasteiger partial charge in [-0.1, -0.05) is 13.7 Å². The second kappa shape index (κ2) is 3.45. The van der Waals surface area contributed by atoms with Crippen LogP contribution in [0.3, 0.4) is 0 Å². The lowest BCUT2D eigenvalue weighted by Gasteiger charge is -2.07. The summed E-state index contributed by atoms with van der Waals surface area (Å²) in [5, 5.41) is 8.47. The van der Waals surface area contributed by atoms with Gasteiger partial charge in [0.1, 0.15) is 6.04 Å². The molecule has 1 atom stereocenters. The Kier molecular flexibility index (Phi) is 0.990. The summed E-state index contributed by atoms with van der Waals surface area (Å²) in [6.07, 6.45) is -0.595. The Bertz CT molecular complexity index is 221. The van der Waals surface area contributed by atoms with Crippen LogP contribution in [0.15, 0.2) is 0 Å². The van der Waals surface area contributed by atoms with Gasteiger partial charge in [0.2, 0.25) is 0 Å². The van der Waals surface area contributed by atoms with Gasteiger partial charge >= 0.3 is 5.97 Å². The number of hydrogen-bond donors (Lipinski definition) is 2. The number of carboxylic acid groups (broad SMARTS) is 1. The molecule has 0 heterocycles. The molecule has 0 radical (unpaired) electrons. The predicted molar refractivity (Wildman–Crippen MR) is 35.1 cm³/mol. The molecule has 9 heavy (non-hydrogen) atoms. The average molecular weight is 137 g/mol. The van der Waals surface area contributed by atoms with Crippen LogP contribution in [-0.2, 0) is 4.79 Å². The van der Waals surface area contributed by atoms with E-state index in [1.165, 1.54) is 0 Å². The lowest BCUT2D eigenvalue weighted by molar-refractivity contribution is -0.138. The number of hydrogen-bond acceptors (Lipinski definition) is 2. The highest BCUT2D eigenvalue weighted by Gasteiger charge is 2.11. The van der Waals surface area contributed by atoms with Crippen LogP contribution in [0.4, 0.5) is 0 Å². The predicted octanol–water partition coefficient (Wildman–Crippen LogP) is 0.444. The van der Waals surface area contributed by atoms with Crippen molar-refractivity contribution < 1.29 is 18.1 Å². The van der Waals surface area contributed by atoms with Gasteiger partial charge in [-0.05, 0) is 12.3 Å². The third-order valence-corrected chi connectivity index (χ3v) is 0.807. The number of carbonyl (C=O) groups is 1. The van der Waals surface area contributed by atoms with Gasteiger partial charge in [0, 0.05) is 8.22 Å². The van der Waals surface area contributed by atoms with Crippen molar-refractivity contribution in [2.75, 3.05) is 0 Å². The molecule has 0 amide bonds. The molecule has 0 spiro atoms. The van der Waals surface area contributed by atoms with Crippen molar-refractivity contribution in [2.24, 2.45) is 11.7 Å². The SMILES string of the molecule is [2H]C([2H])([2H])C(C[C@H](N)C(=O)O)C([2H])([2H])[2H]. The highest BCUT2D eigenvalue weighted by atomic mass is 16.4. The smallest absolute Gasteiger partial charge is 0.320 e. The topological polar surface area (TPSA) is 63.3 Å². The summed E-state index contributed by atoms with van der Waals surface area (Å²) in [7, 11) is 0. The van der Waals surface area contributed by atoms with Gasteiger partial charge in [0.25, 0.3) is 0 Å². The molecule has 0 aromatic rings. The molecular formula is C6H13NO2. The van der Waals surface area contributed by atoms with E-state index in [0.29, 0.717) is 0 Å². The lowest BCUT2D eigenvalue weighted by Crippen LogP contribution is -2.31. The minimum Gasteiger partial charge on any atom is -0.480 e. The number of rotatable bonds is 3. The summed E-state index contributed by atoms with van der Waals surface area (Å²) >= 11 is 0. The Morgan fingerprint density at radius 2 is 2.44 bits per heavy atom. The van der Waals surface area contributed by atoms with E-state index in [2.05, 4.69) is 0 Å². The molecule has 0 aliphatic carbocycles. The van der Waals surface area contributed by atoms with Crippen LogP contribution >= 0.6 is 0 Å². The van der Waals surface area contributed by atoms with Gasteiger partial charge in [-0.3, -0.25) is 4.79 Å². The highest BCUT2D eigenvalue weighted by Crippen LogP contribution is 2.01. The van der Waals surface area contributed by atoms with Crippen LogP contribution in [0.25, 0.3) is 0 Å². The van der Waals surface area contributed by atoms with Gasteiger partial charge in [-0.25, -0.2) is 0 Å². The highest BCUT2D eigenvalue weighted by molar-refractivity contribution is 5.72. The zero-order chi connectivity index (χ0) is 12.4. The molecule has 0 aliphatic rings. The minimum atomic E-state index is -2.74. The summed E-state index contributed by atoms with van der Waals surface area (Å²) in [5.41, 5.74) is 5.11. The number of carboxylic acids is 1. The van der Waals surface area contributed by atoms with Crippen molar-refractivity contribution in [3.05, 3.63) is 0 Å². The summed E-state index contributed by atoms with van der Waals surface area (Å²) in [4.78, 5) is 10.4. The molecule has 0 saturated carbocycles. The van der Waals surface area contributed by atoms with Crippen molar-refractivity contribution in [1.82, 2.24) is 0 Å². The summed E-state index contributed by atoms with van der Waals surface area (Å²) in [5.74, 6) is -3.12. The summed E-state index contributed by atoms with van der Waals surface area (Å²) < 4.78 is 42.0. The van der Waals surface area contributed by atoms with E-state index in [0.717, 1.165) is 0 Å². The minimum absolute atomic E-state index is 0.595. The molecule has 0 saturated heterocycles. The molecule has 0 aliphatic heterocycles. The summed E-state index contributed by atoms with van der Waals surface area (Å²) in [6, 6.07) is -1.48. The average Bonchev–Trinajstić information content (AvgIpc) is 1.94. The van der Waals surface area contributed by atoms with E-state index in [1.807, 2.05) is 0 Å². The van der Waals surface area contributed by atoms with Crippen molar-refractivity contribution in [1.29, 1.82) is 0 Å². The van der Waals surface area contributed by atoms with Gasteiger partial charge in [0.15, 0.2) is 0 Å². The number of nitrogens with two attached hydrogens (primary N) is 1. The monoisotopic (exact) mass is 137 g/mol. The molecule has 3 heteroatoms. The maximum Gasteiger partial charge on any atom is 0.320 e. The Hall–Kier alpha value is -0.570. The van der Waals surface area contributed by atoms with E-state index in [9.17, 15) is 4.79 Å². The van der Waals surface area contributed by atoms with Crippen LogP contribution in [0.1, 0.15) is 28.3 Å². The molecular weight excluding hydrogens is 118 g/mol. The standard InChI is InChI=1S/C6H13NO2/c1-4(2)3-5(7)6(8)9/h4-5H,3,7H2,1-2H3,(H,8,9)/t5-/m0/s1/i1D3,2D3. The van der Waals surface area contributed by atoms with E-state index in [4.69, 9.17) is 19.1 Å². The first-order valence-corrected chi connectivity index (χ1v) is 2.44. The molecule has 0 aromatic heterocycles. The van der Waals surface area contributed by atoms with E-state index in [1.54, 1.807) is 0 Å². The first-order chi connectivity index (χ1) is 6.46. The van der Waals surface area contributed by atoms with Crippen LogP contribution in [0.2, 0.25) is 0 Å². The Morgan fingerprint density at radius 3 is 2.78 bits per heavy atom. The molecule has 0 fully saturated rings. The fourth-order valence-corrected chi connectivity index (χ4v) is 0.355. The zero-order valence-electron chi connectivity index (χ0n) is 10.8. The fourth-order valence-electron chi connectivity index (χ4n) is 0.355. The van der Waals surface area contributed by atoms with E-state index >= 15 is 0 Å². The number of aliphatic carboxylic acids is 1. The molecule has 3 N–H and O–H groups in total. The molecule has 54 valence electrons. The fraction of sp³-hybridized carbons (Fsp3) is 0.833. The quantitative estimate of drug-likeness (QED) is 0.593. The molecule has 0 rings (SSSR count). The van der Waals surface area contributed by atoms with Crippen molar-refractivity contribution in [3.63, 3.8) is 0 Å². The molecule has 3 nitrogen and oxygen atoms in total. The third-order valence-electron chi connectivity index (χ3n) is 0.807. The van der Waals surface area contributed by atoms with Gasteiger partial charge in [0.05, 0.1) is 0 Å². The zero-order valence-corrected chi connectivity index (χ0v) is 4.79. The Morgan fingerprint density at radius 1 is 1.89 bits per heavy atom. The van der Waals surface area contributed by atoms with Crippen LogP contribution in [0.5, 0.6) is 0 Å². The summed E-state index contributed by atoms with van der Waals surface area (Å²) in [6.45, 7) is -5.48. The maximum atomic E-state index is 10.4. The second-order valence-corrected chi connectivity index (χ2v) is 1.73. The van der Waals surface area contributed by atoms with Gasteiger partial charge in [-0.2, -0.15) is 0 Å². The van der Waals surface area contributed by atoms with E-state index in [-0.39, 0.29) is 0 Å². The van der Waals surface area contributed by atoms with E-state index < -0.39 is 38.1 Å². The van der Waals surface area contributed by atoms with Crippen molar-refractivity contribution in [2.45, 2.75) is 26.2 Å². The van der Waals surface area contributed by atoms with Crippen LogP contribution < -0.4 is 5.73 Å². The third kappa shape index (κ3) is 3.97. The Balaban J connectivity index is 4.77. The van der Waals surface area contributed by atoms with Gasteiger partial charge in [-0.15, -0.1) is 0 Å². The Labute approximate surface area is 63.3 Å². The van der Waals surface area contributed by atoms with Crippen LogP contribution in [-0.4, -0.2) is 17.1 Å². The lowest BCUT2D eigenvalue weighted by atomic mass is 10.1. The first-order valence-electron chi connectivity index (χ1n) is 5.44. The first kappa shape index (κ1) is 2.58. The molecule has 0 bridgehead atoms.